The van der Waals surface area contributed by atoms with E-state index in [1.54, 1.807) is 25.1 Å². The van der Waals surface area contributed by atoms with Crippen LogP contribution < -0.4 is 0 Å². The molecule has 0 fully saturated rings. The molecule has 0 aliphatic carbocycles. The molecule has 2 rings (SSSR count). The predicted molar refractivity (Wildman–Crippen MR) is 77.5 cm³/mol. The van der Waals surface area contributed by atoms with Crippen molar-refractivity contribution in [3.8, 4) is 0 Å². The first-order chi connectivity index (χ1) is 9.41. The summed E-state index contributed by atoms with van der Waals surface area (Å²) in [7, 11) is 0. The van der Waals surface area contributed by atoms with Crippen LogP contribution in [0.3, 0.4) is 0 Å². The fourth-order valence-electron chi connectivity index (χ4n) is 2.35. The van der Waals surface area contributed by atoms with Gasteiger partial charge in [0, 0.05) is 11.1 Å². The summed E-state index contributed by atoms with van der Waals surface area (Å²) in [6.45, 7) is 5.57. The quantitative estimate of drug-likeness (QED) is 0.866. The molecule has 3 nitrogen and oxygen atoms in total. The molecule has 102 valence electrons. The molecule has 0 radical (unpaired) electrons. The third-order valence-electron chi connectivity index (χ3n) is 3.36. The summed E-state index contributed by atoms with van der Waals surface area (Å²) in [5.41, 5.74) is 3.47. The lowest BCUT2D eigenvalue weighted by atomic mass is 9.91. The Labute approximate surface area is 117 Å². The SMILES string of the molecule is Cc1ccc(C(=O)c2c(C)cccc2C(=O)O)c(C)c1. The number of aromatic carboxylic acids is 1. The number of hydrogen-bond donors (Lipinski definition) is 1. The van der Waals surface area contributed by atoms with Crippen LogP contribution >= 0.6 is 0 Å². The van der Waals surface area contributed by atoms with E-state index in [-0.39, 0.29) is 16.9 Å². The van der Waals surface area contributed by atoms with E-state index in [1.807, 2.05) is 26.0 Å². The standard InChI is InChI=1S/C17H16O3/c1-10-7-8-13(12(3)9-10)16(18)15-11(2)5-4-6-14(15)17(19)20/h4-9H,1-3H3,(H,19,20). The maximum absolute atomic E-state index is 12.7. The normalized spacial score (nSPS) is 10.3. The van der Waals surface area contributed by atoms with Crippen LogP contribution in [0.5, 0.6) is 0 Å². The van der Waals surface area contributed by atoms with Crippen molar-refractivity contribution < 1.29 is 14.7 Å². The van der Waals surface area contributed by atoms with Crippen molar-refractivity contribution in [2.75, 3.05) is 0 Å². The molecule has 0 aliphatic rings. The van der Waals surface area contributed by atoms with Gasteiger partial charge in [-0.25, -0.2) is 4.79 Å². The zero-order valence-electron chi connectivity index (χ0n) is 11.7. The molecule has 0 atom stereocenters. The molecular weight excluding hydrogens is 252 g/mol. The van der Waals surface area contributed by atoms with Crippen LogP contribution in [0.2, 0.25) is 0 Å². The summed E-state index contributed by atoms with van der Waals surface area (Å²) < 4.78 is 0. The minimum absolute atomic E-state index is 0.0509. The summed E-state index contributed by atoms with van der Waals surface area (Å²) in [6.07, 6.45) is 0. The molecule has 0 spiro atoms. The van der Waals surface area contributed by atoms with E-state index in [0.717, 1.165) is 11.1 Å². The second-order valence-electron chi connectivity index (χ2n) is 4.95. The van der Waals surface area contributed by atoms with E-state index in [4.69, 9.17) is 0 Å². The second-order valence-corrected chi connectivity index (χ2v) is 4.95. The summed E-state index contributed by atoms with van der Waals surface area (Å²) in [5, 5.41) is 9.25. The molecule has 0 heterocycles. The van der Waals surface area contributed by atoms with Gasteiger partial charge in [-0.2, -0.15) is 0 Å². The highest BCUT2D eigenvalue weighted by atomic mass is 16.4. The number of carboxylic acids is 1. The zero-order valence-corrected chi connectivity index (χ0v) is 11.7. The van der Waals surface area contributed by atoms with E-state index in [2.05, 4.69) is 0 Å². The first-order valence-electron chi connectivity index (χ1n) is 6.36. The van der Waals surface area contributed by atoms with Crippen molar-refractivity contribution in [1.82, 2.24) is 0 Å². The summed E-state index contributed by atoms with van der Waals surface area (Å²) in [4.78, 5) is 24.0. The maximum Gasteiger partial charge on any atom is 0.336 e. The number of carbonyl (C=O) groups excluding carboxylic acids is 1. The Hall–Kier alpha value is -2.42. The molecule has 0 saturated carbocycles. The van der Waals surface area contributed by atoms with Crippen LogP contribution in [0.1, 0.15) is 43.0 Å². The molecule has 20 heavy (non-hydrogen) atoms. The minimum Gasteiger partial charge on any atom is -0.478 e. The number of aryl methyl sites for hydroxylation is 3. The van der Waals surface area contributed by atoms with Crippen LogP contribution in [-0.2, 0) is 0 Å². The predicted octanol–water partition coefficient (Wildman–Crippen LogP) is 3.54. The molecule has 0 aromatic heterocycles. The van der Waals surface area contributed by atoms with Gasteiger partial charge >= 0.3 is 5.97 Å². The second kappa shape index (κ2) is 5.29. The molecule has 0 amide bonds. The molecule has 3 heteroatoms. The van der Waals surface area contributed by atoms with Gasteiger partial charge in [-0.3, -0.25) is 4.79 Å². The number of hydrogen-bond acceptors (Lipinski definition) is 2. The van der Waals surface area contributed by atoms with Crippen molar-refractivity contribution in [2.45, 2.75) is 20.8 Å². The van der Waals surface area contributed by atoms with Crippen molar-refractivity contribution in [3.63, 3.8) is 0 Å². The Morgan fingerprint density at radius 2 is 1.60 bits per heavy atom. The highest BCUT2D eigenvalue weighted by molar-refractivity contribution is 6.15. The first-order valence-corrected chi connectivity index (χ1v) is 6.36. The average Bonchev–Trinajstić information content (AvgIpc) is 2.37. The highest BCUT2D eigenvalue weighted by Gasteiger charge is 2.21. The first kappa shape index (κ1) is 14.0. The van der Waals surface area contributed by atoms with Gasteiger partial charge in [0.25, 0.3) is 0 Å². The van der Waals surface area contributed by atoms with Gasteiger partial charge in [0.15, 0.2) is 5.78 Å². The van der Waals surface area contributed by atoms with Gasteiger partial charge in [0.2, 0.25) is 0 Å². The van der Waals surface area contributed by atoms with Crippen LogP contribution in [0.4, 0.5) is 0 Å². The van der Waals surface area contributed by atoms with Gasteiger partial charge in [-0.15, -0.1) is 0 Å². The van der Waals surface area contributed by atoms with Gasteiger partial charge in [0.1, 0.15) is 0 Å². The van der Waals surface area contributed by atoms with Crippen molar-refractivity contribution in [3.05, 3.63) is 69.8 Å². The third kappa shape index (κ3) is 2.48. The Balaban J connectivity index is 2.62. The fraction of sp³-hybridized carbons (Fsp3) is 0.176. The lowest BCUT2D eigenvalue weighted by Crippen LogP contribution is -2.12. The monoisotopic (exact) mass is 268 g/mol. The summed E-state index contributed by atoms with van der Waals surface area (Å²) in [6, 6.07) is 10.4. The van der Waals surface area contributed by atoms with Gasteiger partial charge in [-0.05, 0) is 38.0 Å². The van der Waals surface area contributed by atoms with Gasteiger partial charge < -0.3 is 5.11 Å². The van der Waals surface area contributed by atoms with E-state index >= 15 is 0 Å². The topological polar surface area (TPSA) is 54.4 Å². The molecule has 0 saturated heterocycles. The van der Waals surface area contributed by atoms with Gasteiger partial charge in [0.05, 0.1) is 5.56 Å². The number of ketones is 1. The molecule has 0 aliphatic heterocycles. The van der Waals surface area contributed by atoms with Crippen LogP contribution in [0.25, 0.3) is 0 Å². The number of carboxylic acid groups (broad SMARTS) is 1. The molecular formula is C17H16O3. The zero-order chi connectivity index (χ0) is 14.9. The van der Waals surface area contributed by atoms with Crippen LogP contribution in [0, 0.1) is 20.8 Å². The van der Waals surface area contributed by atoms with Crippen LogP contribution in [-0.4, -0.2) is 16.9 Å². The molecule has 0 unspecified atom stereocenters. The largest absolute Gasteiger partial charge is 0.478 e. The maximum atomic E-state index is 12.7. The third-order valence-corrected chi connectivity index (χ3v) is 3.36. The molecule has 2 aromatic rings. The minimum atomic E-state index is -1.08. The van der Waals surface area contributed by atoms with E-state index in [1.165, 1.54) is 6.07 Å². The smallest absolute Gasteiger partial charge is 0.336 e. The number of benzene rings is 2. The molecule has 2 aromatic carbocycles. The number of rotatable bonds is 3. The van der Waals surface area contributed by atoms with E-state index < -0.39 is 5.97 Å². The Morgan fingerprint density at radius 3 is 2.20 bits per heavy atom. The lowest BCUT2D eigenvalue weighted by molar-refractivity contribution is 0.0692. The van der Waals surface area contributed by atoms with E-state index in [9.17, 15) is 14.7 Å². The lowest BCUT2D eigenvalue weighted by Gasteiger charge is -2.11. The Bertz CT molecular complexity index is 699. The Morgan fingerprint density at radius 1 is 0.900 bits per heavy atom. The van der Waals surface area contributed by atoms with Crippen molar-refractivity contribution in [1.29, 1.82) is 0 Å². The van der Waals surface area contributed by atoms with Crippen LogP contribution in [0.15, 0.2) is 36.4 Å². The highest BCUT2D eigenvalue weighted by Crippen LogP contribution is 2.21. The van der Waals surface area contributed by atoms with Crippen molar-refractivity contribution in [2.24, 2.45) is 0 Å². The number of carbonyl (C=O) groups is 2. The average molecular weight is 268 g/mol. The summed E-state index contributed by atoms with van der Waals surface area (Å²) >= 11 is 0. The fourth-order valence-corrected chi connectivity index (χ4v) is 2.35. The van der Waals surface area contributed by atoms with Gasteiger partial charge in [-0.1, -0.05) is 35.9 Å². The Kier molecular flexibility index (Phi) is 3.70. The van der Waals surface area contributed by atoms with Crippen molar-refractivity contribution >= 4 is 11.8 Å². The van der Waals surface area contributed by atoms with E-state index in [0.29, 0.717) is 11.1 Å². The molecule has 1 N–H and O–H groups in total. The molecule has 0 bridgehead atoms. The summed E-state index contributed by atoms with van der Waals surface area (Å²) in [5.74, 6) is -1.32.